The number of hydrogen-bond donors (Lipinski definition) is 2. The highest BCUT2D eigenvalue weighted by atomic mass is 14.9. The van der Waals surface area contributed by atoms with Crippen LogP contribution >= 0.6 is 0 Å². The summed E-state index contributed by atoms with van der Waals surface area (Å²) in [5.74, 6) is 2.44. The molecule has 2 N–H and O–H groups in total. The van der Waals surface area contributed by atoms with Gasteiger partial charge in [-0.2, -0.15) is 0 Å². The van der Waals surface area contributed by atoms with Crippen molar-refractivity contribution in [2.24, 2.45) is 0 Å². The number of nitrogens with one attached hydrogen (secondary N) is 2. The van der Waals surface area contributed by atoms with E-state index in [1.54, 1.807) is 6.20 Å². The highest BCUT2D eigenvalue weighted by Crippen LogP contribution is 2.24. The summed E-state index contributed by atoms with van der Waals surface area (Å²) in [5, 5.41) is 0. The lowest BCUT2D eigenvalue weighted by atomic mass is 10.1. The van der Waals surface area contributed by atoms with Gasteiger partial charge in [-0.05, 0) is 24.6 Å². The fraction of sp³-hybridized carbons (Fsp3) is 0.333. The van der Waals surface area contributed by atoms with Gasteiger partial charge in [0.25, 0.3) is 0 Å². The number of aromatic amines is 2. The highest BCUT2D eigenvalue weighted by molar-refractivity contribution is 5.80. The van der Waals surface area contributed by atoms with Gasteiger partial charge in [0.2, 0.25) is 0 Å². The molecule has 98 valence electrons. The predicted molar refractivity (Wildman–Crippen MR) is 77.0 cm³/mol. The molecule has 0 aliphatic rings. The molecular formula is C15H18N4. The van der Waals surface area contributed by atoms with Crippen LogP contribution < -0.4 is 0 Å². The maximum absolute atomic E-state index is 4.67. The van der Waals surface area contributed by atoms with E-state index >= 15 is 0 Å². The van der Waals surface area contributed by atoms with Crippen molar-refractivity contribution in [3.8, 4) is 11.4 Å². The van der Waals surface area contributed by atoms with Crippen molar-refractivity contribution in [2.45, 2.75) is 32.6 Å². The molecule has 2 heterocycles. The average Bonchev–Trinajstić information content (AvgIpc) is 3.07. The van der Waals surface area contributed by atoms with Crippen LogP contribution in [0.3, 0.4) is 0 Å². The third kappa shape index (κ3) is 2.26. The van der Waals surface area contributed by atoms with E-state index in [0.717, 1.165) is 34.7 Å². The van der Waals surface area contributed by atoms with Gasteiger partial charge >= 0.3 is 0 Å². The zero-order valence-electron chi connectivity index (χ0n) is 11.3. The molecule has 0 fully saturated rings. The summed E-state index contributed by atoms with van der Waals surface area (Å²) in [7, 11) is 0. The smallest absolute Gasteiger partial charge is 0.137 e. The van der Waals surface area contributed by atoms with Crippen LogP contribution in [-0.2, 0) is 0 Å². The number of hydrogen-bond acceptors (Lipinski definition) is 2. The standard InChI is InChI=1S/C15H18N4/c1-3-4-10(2)14-18-12-6-5-11(9-13(12)19-14)15-16-7-8-17-15/h5-10H,3-4H2,1-2H3,(H,16,17)(H,18,19). The molecule has 4 heteroatoms. The van der Waals surface area contributed by atoms with Gasteiger partial charge in [-0.1, -0.05) is 20.3 Å². The molecule has 1 atom stereocenters. The predicted octanol–water partition coefficient (Wildman–Crippen LogP) is 3.86. The summed E-state index contributed by atoms with van der Waals surface area (Å²) in [4.78, 5) is 15.5. The van der Waals surface area contributed by atoms with Crippen molar-refractivity contribution in [3.63, 3.8) is 0 Å². The molecule has 0 bridgehead atoms. The number of benzene rings is 1. The minimum absolute atomic E-state index is 0.476. The Morgan fingerprint density at radius 3 is 2.95 bits per heavy atom. The van der Waals surface area contributed by atoms with Gasteiger partial charge in [0, 0.05) is 23.9 Å². The van der Waals surface area contributed by atoms with Crippen LogP contribution in [0, 0.1) is 0 Å². The second kappa shape index (κ2) is 4.88. The van der Waals surface area contributed by atoms with E-state index in [4.69, 9.17) is 0 Å². The third-order valence-electron chi connectivity index (χ3n) is 3.46. The van der Waals surface area contributed by atoms with Crippen molar-refractivity contribution in [1.29, 1.82) is 0 Å². The quantitative estimate of drug-likeness (QED) is 0.742. The van der Waals surface area contributed by atoms with Crippen LogP contribution in [0.2, 0.25) is 0 Å². The molecule has 0 spiro atoms. The Bertz CT molecular complexity index is 667. The summed E-state index contributed by atoms with van der Waals surface area (Å²) < 4.78 is 0. The van der Waals surface area contributed by atoms with E-state index in [9.17, 15) is 0 Å². The number of H-pyrrole nitrogens is 2. The van der Waals surface area contributed by atoms with Crippen molar-refractivity contribution in [1.82, 2.24) is 19.9 Å². The third-order valence-corrected chi connectivity index (χ3v) is 3.46. The van der Waals surface area contributed by atoms with Crippen LogP contribution in [0.15, 0.2) is 30.6 Å². The molecule has 3 rings (SSSR count). The molecule has 3 aromatic rings. The molecular weight excluding hydrogens is 236 g/mol. The van der Waals surface area contributed by atoms with Gasteiger partial charge in [-0.15, -0.1) is 0 Å². The molecule has 1 unspecified atom stereocenters. The van der Waals surface area contributed by atoms with E-state index < -0.39 is 0 Å². The van der Waals surface area contributed by atoms with Gasteiger partial charge in [0.05, 0.1) is 11.0 Å². The van der Waals surface area contributed by atoms with Crippen molar-refractivity contribution in [2.75, 3.05) is 0 Å². The molecule has 0 amide bonds. The van der Waals surface area contributed by atoms with E-state index in [1.165, 1.54) is 6.42 Å². The summed E-state index contributed by atoms with van der Waals surface area (Å²) >= 11 is 0. The summed E-state index contributed by atoms with van der Waals surface area (Å²) in [5.41, 5.74) is 3.18. The second-order valence-corrected chi connectivity index (χ2v) is 4.98. The minimum Gasteiger partial charge on any atom is -0.345 e. The van der Waals surface area contributed by atoms with E-state index in [2.05, 4.69) is 45.9 Å². The van der Waals surface area contributed by atoms with E-state index in [-0.39, 0.29) is 0 Å². The fourth-order valence-electron chi connectivity index (χ4n) is 2.40. The summed E-state index contributed by atoms with van der Waals surface area (Å²) in [6, 6.07) is 6.20. The van der Waals surface area contributed by atoms with Gasteiger partial charge in [-0.25, -0.2) is 9.97 Å². The summed E-state index contributed by atoms with van der Waals surface area (Å²) in [6.45, 7) is 4.42. The number of imidazole rings is 2. The van der Waals surface area contributed by atoms with Crippen molar-refractivity contribution in [3.05, 3.63) is 36.4 Å². The minimum atomic E-state index is 0.476. The second-order valence-electron chi connectivity index (χ2n) is 4.98. The zero-order chi connectivity index (χ0) is 13.2. The average molecular weight is 254 g/mol. The molecule has 19 heavy (non-hydrogen) atoms. The monoisotopic (exact) mass is 254 g/mol. The molecule has 4 nitrogen and oxygen atoms in total. The first-order chi connectivity index (χ1) is 9.28. The van der Waals surface area contributed by atoms with Crippen LogP contribution in [0.1, 0.15) is 38.4 Å². The van der Waals surface area contributed by atoms with Crippen LogP contribution in [0.4, 0.5) is 0 Å². The fourth-order valence-corrected chi connectivity index (χ4v) is 2.40. The first-order valence-electron chi connectivity index (χ1n) is 6.77. The lowest BCUT2D eigenvalue weighted by Crippen LogP contribution is -1.94. The van der Waals surface area contributed by atoms with Gasteiger partial charge in [0.15, 0.2) is 0 Å². The molecule has 0 aliphatic carbocycles. The topological polar surface area (TPSA) is 57.4 Å². The van der Waals surface area contributed by atoms with E-state index in [0.29, 0.717) is 5.92 Å². The van der Waals surface area contributed by atoms with Gasteiger partial charge in [0.1, 0.15) is 11.6 Å². The Kier molecular flexibility index (Phi) is 3.07. The number of nitrogens with zero attached hydrogens (tertiary/aromatic N) is 2. The Morgan fingerprint density at radius 2 is 2.21 bits per heavy atom. The zero-order valence-corrected chi connectivity index (χ0v) is 11.3. The Hall–Kier alpha value is -2.10. The molecule has 0 saturated carbocycles. The molecule has 2 aromatic heterocycles. The Balaban J connectivity index is 1.99. The highest BCUT2D eigenvalue weighted by Gasteiger charge is 2.11. The molecule has 0 radical (unpaired) electrons. The van der Waals surface area contributed by atoms with Crippen molar-refractivity contribution < 1.29 is 0 Å². The largest absolute Gasteiger partial charge is 0.345 e. The maximum Gasteiger partial charge on any atom is 0.137 e. The maximum atomic E-state index is 4.67. The van der Waals surface area contributed by atoms with E-state index in [1.807, 2.05) is 12.3 Å². The first-order valence-corrected chi connectivity index (χ1v) is 6.77. The molecule has 1 aromatic carbocycles. The van der Waals surface area contributed by atoms with Gasteiger partial charge < -0.3 is 9.97 Å². The lowest BCUT2D eigenvalue weighted by molar-refractivity contribution is 0.636. The number of aromatic nitrogens is 4. The normalized spacial score (nSPS) is 12.9. The Labute approximate surface area is 112 Å². The van der Waals surface area contributed by atoms with Gasteiger partial charge in [-0.3, -0.25) is 0 Å². The SMILES string of the molecule is CCCC(C)c1nc2ccc(-c3ncc[nH]3)cc2[nH]1. The first kappa shape index (κ1) is 12.0. The number of fused-ring (bicyclic) bond motifs is 1. The number of rotatable bonds is 4. The molecule has 0 saturated heterocycles. The van der Waals surface area contributed by atoms with Crippen molar-refractivity contribution >= 4 is 11.0 Å². The lowest BCUT2D eigenvalue weighted by Gasteiger charge is -2.04. The Morgan fingerprint density at radius 1 is 1.32 bits per heavy atom. The van der Waals surface area contributed by atoms with Crippen LogP contribution in [-0.4, -0.2) is 19.9 Å². The van der Waals surface area contributed by atoms with Crippen LogP contribution in [0.5, 0.6) is 0 Å². The summed E-state index contributed by atoms with van der Waals surface area (Å²) in [6.07, 6.45) is 5.93. The van der Waals surface area contributed by atoms with Crippen LogP contribution in [0.25, 0.3) is 22.4 Å². The molecule has 0 aliphatic heterocycles.